The highest BCUT2D eigenvalue weighted by Gasteiger charge is 2.11. The average molecular weight is 276 g/mol. The molecule has 0 atom stereocenters. The van der Waals surface area contributed by atoms with Gasteiger partial charge in [0.25, 0.3) is 5.91 Å². The van der Waals surface area contributed by atoms with Gasteiger partial charge in [0.1, 0.15) is 5.75 Å². The topological polar surface area (TPSA) is 74.5 Å². The number of furan rings is 1. The summed E-state index contributed by atoms with van der Waals surface area (Å²) in [7, 11) is 0. The van der Waals surface area contributed by atoms with Crippen LogP contribution < -0.4 is 10.6 Å². The van der Waals surface area contributed by atoms with E-state index in [9.17, 15) is 9.90 Å². The molecule has 2 aromatic rings. The van der Waals surface area contributed by atoms with Gasteiger partial charge < -0.3 is 14.8 Å². The normalized spacial score (nSPS) is 9.95. The highest BCUT2D eigenvalue weighted by atomic mass is 32.1. The first-order chi connectivity index (χ1) is 9.08. The molecular formula is C13H12N2O3S. The molecule has 0 radical (unpaired) electrons. The van der Waals surface area contributed by atoms with Crippen LogP contribution in [-0.2, 0) is 0 Å². The molecule has 3 N–H and O–H groups in total. The van der Waals surface area contributed by atoms with Gasteiger partial charge in [-0.25, -0.2) is 0 Å². The Morgan fingerprint density at radius 1 is 1.32 bits per heavy atom. The number of aromatic hydroxyl groups is 1. The zero-order chi connectivity index (χ0) is 13.8. The lowest BCUT2D eigenvalue weighted by molar-refractivity contribution is 0.0950. The predicted octanol–water partition coefficient (Wildman–Crippen LogP) is 2.42. The van der Waals surface area contributed by atoms with Crippen molar-refractivity contribution in [2.24, 2.45) is 0 Å². The highest BCUT2D eigenvalue weighted by molar-refractivity contribution is 7.80. The van der Waals surface area contributed by atoms with Gasteiger partial charge in [-0.1, -0.05) is 12.1 Å². The number of amides is 1. The second-order valence-corrected chi connectivity index (χ2v) is 4.26. The number of phenols is 1. The average Bonchev–Trinajstić information content (AvgIpc) is 2.88. The molecule has 0 saturated heterocycles. The Morgan fingerprint density at radius 2 is 2.11 bits per heavy atom. The van der Waals surface area contributed by atoms with Crippen LogP contribution in [0.2, 0.25) is 0 Å². The van der Waals surface area contributed by atoms with E-state index in [1.807, 2.05) is 0 Å². The van der Waals surface area contributed by atoms with E-state index in [-0.39, 0.29) is 16.6 Å². The standard InChI is InChI=1S/C13H12N2O3S/c1-8-4-2-5-9(11(8)16)14-13(19)15-12(17)10-6-3-7-18-10/h2-7,16H,1H3,(H2,14,15,17,19). The second-order valence-electron chi connectivity index (χ2n) is 3.86. The van der Waals surface area contributed by atoms with Crippen molar-refractivity contribution in [2.45, 2.75) is 6.92 Å². The first kappa shape index (κ1) is 13.1. The quantitative estimate of drug-likeness (QED) is 0.580. The van der Waals surface area contributed by atoms with Crippen LogP contribution in [-0.4, -0.2) is 16.1 Å². The first-order valence-corrected chi connectivity index (χ1v) is 5.93. The van der Waals surface area contributed by atoms with Gasteiger partial charge >= 0.3 is 0 Å². The van der Waals surface area contributed by atoms with E-state index >= 15 is 0 Å². The molecule has 2 rings (SSSR count). The number of hydrogen-bond acceptors (Lipinski definition) is 4. The third-order valence-corrected chi connectivity index (χ3v) is 2.66. The number of rotatable bonds is 2. The SMILES string of the molecule is Cc1cccc(NC(=S)NC(=O)c2ccco2)c1O. The molecule has 19 heavy (non-hydrogen) atoms. The molecule has 1 heterocycles. The molecule has 0 spiro atoms. The number of carbonyl (C=O) groups excluding carboxylic acids is 1. The number of benzene rings is 1. The molecule has 1 amide bonds. The molecule has 1 aromatic heterocycles. The molecule has 1 aromatic carbocycles. The van der Waals surface area contributed by atoms with Crippen LogP contribution in [0, 0.1) is 6.92 Å². The molecule has 98 valence electrons. The molecule has 0 aliphatic rings. The molecular weight excluding hydrogens is 264 g/mol. The summed E-state index contributed by atoms with van der Waals surface area (Å²) in [6.45, 7) is 1.77. The minimum Gasteiger partial charge on any atom is -0.505 e. The monoisotopic (exact) mass is 276 g/mol. The molecule has 5 nitrogen and oxygen atoms in total. The largest absolute Gasteiger partial charge is 0.505 e. The van der Waals surface area contributed by atoms with Crippen molar-refractivity contribution in [1.82, 2.24) is 5.32 Å². The molecule has 0 aliphatic carbocycles. The van der Waals surface area contributed by atoms with E-state index in [1.54, 1.807) is 31.2 Å². The van der Waals surface area contributed by atoms with Gasteiger partial charge in [-0.2, -0.15) is 0 Å². The van der Waals surface area contributed by atoms with Crippen molar-refractivity contribution in [2.75, 3.05) is 5.32 Å². The van der Waals surface area contributed by atoms with Gasteiger partial charge in [0.05, 0.1) is 12.0 Å². The summed E-state index contributed by atoms with van der Waals surface area (Å²) < 4.78 is 4.94. The molecule has 6 heteroatoms. The van der Waals surface area contributed by atoms with Crippen molar-refractivity contribution < 1.29 is 14.3 Å². The number of anilines is 1. The Balaban J connectivity index is 2.02. The van der Waals surface area contributed by atoms with E-state index in [0.29, 0.717) is 11.3 Å². The van der Waals surface area contributed by atoms with Crippen LogP contribution in [0.5, 0.6) is 5.75 Å². The fourth-order valence-corrected chi connectivity index (χ4v) is 1.69. The van der Waals surface area contributed by atoms with Crippen molar-refractivity contribution in [3.8, 4) is 5.75 Å². The van der Waals surface area contributed by atoms with Gasteiger partial charge in [-0.3, -0.25) is 10.1 Å². The van der Waals surface area contributed by atoms with Gasteiger partial charge in [0, 0.05) is 0 Å². The Hall–Kier alpha value is -2.34. The van der Waals surface area contributed by atoms with Crippen LogP contribution in [0.25, 0.3) is 0 Å². The van der Waals surface area contributed by atoms with Crippen molar-refractivity contribution in [3.05, 3.63) is 47.9 Å². The molecule has 0 aliphatic heterocycles. The maximum Gasteiger partial charge on any atom is 0.293 e. The fraction of sp³-hybridized carbons (Fsp3) is 0.0769. The Labute approximate surface area is 115 Å². The van der Waals surface area contributed by atoms with Gasteiger partial charge in [0.15, 0.2) is 10.9 Å². The van der Waals surface area contributed by atoms with Crippen LogP contribution in [0.1, 0.15) is 16.1 Å². The Bertz CT molecular complexity index is 608. The Morgan fingerprint density at radius 3 is 2.79 bits per heavy atom. The zero-order valence-electron chi connectivity index (χ0n) is 10.1. The first-order valence-electron chi connectivity index (χ1n) is 5.52. The second kappa shape index (κ2) is 5.53. The van der Waals surface area contributed by atoms with Crippen LogP contribution in [0.4, 0.5) is 5.69 Å². The molecule has 0 bridgehead atoms. The summed E-state index contributed by atoms with van der Waals surface area (Å²) in [6, 6.07) is 8.34. The number of aryl methyl sites for hydroxylation is 1. The highest BCUT2D eigenvalue weighted by Crippen LogP contribution is 2.26. The zero-order valence-corrected chi connectivity index (χ0v) is 11.0. The fourth-order valence-electron chi connectivity index (χ4n) is 1.49. The lowest BCUT2D eigenvalue weighted by Gasteiger charge is -2.11. The summed E-state index contributed by atoms with van der Waals surface area (Å²) in [5.74, 6) is -0.190. The van der Waals surface area contributed by atoms with E-state index in [1.165, 1.54) is 12.3 Å². The van der Waals surface area contributed by atoms with E-state index in [0.717, 1.165) is 0 Å². The predicted molar refractivity (Wildman–Crippen MR) is 75.2 cm³/mol. The van der Waals surface area contributed by atoms with Crippen molar-refractivity contribution in [1.29, 1.82) is 0 Å². The third-order valence-electron chi connectivity index (χ3n) is 2.46. The summed E-state index contributed by atoms with van der Waals surface area (Å²) >= 11 is 4.99. The van der Waals surface area contributed by atoms with Crippen LogP contribution in [0.15, 0.2) is 41.0 Å². The molecule has 0 saturated carbocycles. The maximum atomic E-state index is 11.7. The lowest BCUT2D eigenvalue weighted by atomic mass is 10.2. The van der Waals surface area contributed by atoms with E-state index in [4.69, 9.17) is 16.6 Å². The lowest BCUT2D eigenvalue weighted by Crippen LogP contribution is -2.33. The van der Waals surface area contributed by atoms with Crippen LogP contribution >= 0.6 is 12.2 Å². The number of nitrogens with one attached hydrogen (secondary N) is 2. The molecule has 0 fully saturated rings. The van der Waals surface area contributed by atoms with Gasteiger partial charge in [-0.05, 0) is 42.9 Å². The van der Waals surface area contributed by atoms with E-state index in [2.05, 4.69) is 10.6 Å². The van der Waals surface area contributed by atoms with Gasteiger partial charge in [0.2, 0.25) is 0 Å². The minimum atomic E-state index is -0.449. The number of hydrogen-bond donors (Lipinski definition) is 3. The summed E-state index contributed by atoms with van der Waals surface area (Å²) in [4.78, 5) is 11.7. The summed E-state index contributed by atoms with van der Waals surface area (Å²) in [6.07, 6.45) is 1.40. The van der Waals surface area contributed by atoms with Crippen molar-refractivity contribution >= 4 is 28.9 Å². The number of carbonyl (C=O) groups is 1. The van der Waals surface area contributed by atoms with Crippen LogP contribution in [0.3, 0.4) is 0 Å². The van der Waals surface area contributed by atoms with E-state index < -0.39 is 5.91 Å². The Kier molecular flexibility index (Phi) is 3.82. The minimum absolute atomic E-state index is 0.0855. The van der Waals surface area contributed by atoms with Gasteiger partial charge in [-0.15, -0.1) is 0 Å². The molecule has 0 unspecified atom stereocenters. The summed E-state index contributed by atoms with van der Waals surface area (Å²) in [5.41, 5.74) is 1.15. The third kappa shape index (κ3) is 3.11. The summed E-state index contributed by atoms with van der Waals surface area (Å²) in [5, 5.41) is 15.1. The number of para-hydroxylation sites is 1. The smallest absolute Gasteiger partial charge is 0.293 e. The number of phenolic OH excluding ortho intramolecular Hbond substituents is 1. The van der Waals surface area contributed by atoms with Crippen molar-refractivity contribution in [3.63, 3.8) is 0 Å². The number of thiocarbonyl (C=S) groups is 1. The maximum absolute atomic E-state index is 11.7.